The van der Waals surface area contributed by atoms with E-state index in [0.29, 0.717) is 0 Å². The van der Waals surface area contributed by atoms with Crippen molar-refractivity contribution in [2.24, 2.45) is 0 Å². The van der Waals surface area contributed by atoms with Crippen molar-refractivity contribution in [3.05, 3.63) is 0 Å². The van der Waals surface area contributed by atoms with Gasteiger partial charge in [0.05, 0.1) is 0 Å². The van der Waals surface area contributed by atoms with Gasteiger partial charge in [-0.3, -0.25) is 18.9 Å². The van der Waals surface area contributed by atoms with Crippen LogP contribution in [0.2, 0.25) is 0 Å². The van der Waals surface area contributed by atoms with Gasteiger partial charge in [-0.25, -0.2) is 0 Å². The first kappa shape index (κ1) is 23.0. The molecule has 0 amide bonds. The molecule has 1 fully saturated rings. The Kier molecular flexibility index (Phi) is 8.22. The second kappa shape index (κ2) is 9.27. The fourth-order valence-electron chi connectivity index (χ4n) is 2.47. The molecule has 10 nitrogen and oxygen atoms in total. The molecule has 0 aromatic carbocycles. The van der Waals surface area contributed by atoms with Crippen LogP contribution < -0.4 is 0 Å². The minimum atomic E-state index is -3.87. The van der Waals surface area contributed by atoms with E-state index in [2.05, 4.69) is 15.9 Å². The van der Waals surface area contributed by atoms with Crippen molar-refractivity contribution in [1.29, 1.82) is 0 Å². The highest BCUT2D eigenvalue weighted by Crippen LogP contribution is 2.66. The first-order valence-electron chi connectivity index (χ1n) is 7.54. The Hall–Kier alpha value is -1.00. The summed E-state index contributed by atoms with van der Waals surface area (Å²) < 4.78 is 42.2. The molecule has 1 heterocycles. The lowest BCUT2D eigenvalue weighted by atomic mass is 10.0. The summed E-state index contributed by atoms with van der Waals surface area (Å²) in [6.45, 7) is 3.18. The molecule has 0 aliphatic carbocycles. The second-order valence-corrected chi connectivity index (χ2v) is 9.78. The van der Waals surface area contributed by atoms with E-state index in [-0.39, 0.29) is 13.0 Å². The Morgan fingerprint density at radius 1 is 1.08 bits per heavy atom. The summed E-state index contributed by atoms with van der Waals surface area (Å²) in [6, 6.07) is 0. The third kappa shape index (κ3) is 5.50. The Morgan fingerprint density at radius 2 is 1.62 bits per heavy atom. The molecule has 1 aliphatic heterocycles. The lowest BCUT2D eigenvalue weighted by Crippen LogP contribution is -2.56. The van der Waals surface area contributed by atoms with Gasteiger partial charge in [0.25, 0.3) is 0 Å². The van der Waals surface area contributed by atoms with E-state index in [9.17, 15) is 18.9 Å². The van der Waals surface area contributed by atoms with Gasteiger partial charge in [0.1, 0.15) is 18.8 Å². The molecule has 0 aromatic rings. The van der Waals surface area contributed by atoms with Gasteiger partial charge in [0, 0.05) is 41.4 Å². The molecule has 1 saturated heterocycles. The van der Waals surface area contributed by atoms with Crippen molar-refractivity contribution in [2.45, 2.75) is 49.8 Å². The zero-order chi connectivity index (χ0) is 20.1. The zero-order valence-electron chi connectivity index (χ0n) is 15.1. The summed E-state index contributed by atoms with van der Waals surface area (Å²) in [7, 11) is -1.55. The highest BCUT2D eigenvalue weighted by molar-refractivity contribution is 9.11. The van der Waals surface area contributed by atoms with Crippen molar-refractivity contribution in [3.63, 3.8) is 0 Å². The topological polar surface area (TPSA) is 124 Å². The molecule has 0 aromatic heterocycles. The van der Waals surface area contributed by atoms with Gasteiger partial charge < -0.3 is 28.0 Å². The van der Waals surface area contributed by atoms with Crippen LogP contribution in [0.5, 0.6) is 0 Å². The predicted octanol–water partition coefficient (Wildman–Crippen LogP) is 1.74. The lowest BCUT2D eigenvalue weighted by Gasteiger charge is -2.45. The third-order valence-electron chi connectivity index (χ3n) is 3.48. The minimum Gasteiger partial charge on any atom is -0.463 e. The Balaban J connectivity index is 3.28. The van der Waals surface area contributed by atoms with Crippen LogP contribution in [0.25, 0.3) is 0 Å². The van der Waals surface area contributed by atoms with Crippen molar-refractivity contribution in [2.75, 3.05) is 20.8 Å². The molecule has 1 aliphatic rings. The van der Waals surface area contributed by atoms with Gasteiger partial charge in [-0.2, -0.15) is 0 Å². The van der Waals surface area contributed by atoms with Crippen molar-refractivity contribution >= 4 is 41.4 Å². The van der Waals surface area contributed by atoms with E-state index in [1.165, 1.54) is 20.8 Å². The van der Waals surface area contributed by atoms with E-state index < -0.39 is 48.1 Å². The maximum atomic E-state index is 12.9. The number of carbonyl (C=O) groups excluding carboxylic acids is 3. The van der Waals surface area contributed by atoms with Crippen molar-refractivity contribution in [1.82, 2.24) is 0 Å². The van der Waals surface area contributed by atoms with Crippen LogP contribution in [0.1, 0.15) is 27.2 Å². The quantitative estimate of drug-likeness (QED) is 0.240. The van der Waals surface area contributed by atoms with Crippen LogP contribution in [0.3, 0.4) is 0 Å². The molecule has 0 radical (unpaired) electrons. The number of carbonyl (C=O) groups is 3. The molecular formula is C14H22BrO10P. The third-order valence-corrected chi connectivity index (χ3v) is 7.36. The van der Waals surface area contributed by atoms with Gasteiger partial charge in [-0.1, -0.05) is 0 Å². The normalized spacial score (nSPS) is 28.9. The fraction of sp³-hybridized carbons (Fsp3) is 0.786. The summed E-state index contributed by atoms with van der Waals surface area (Å²) in [4.78, 5) is 34.1. The average molecular weight is 461 g/mol. The number of alkyl halides is 1. The smallest absolute Gasteiger partial charge is 0.372 e. The molecule has 26 heavy (non-hydrogen) atoms. The highest BCUT2D eigenvalue weighted by Gasteiger charge is 2.59. The predicted molar refractivity (Wildman–Crippen MR) is 90.5 cm³/mol. The van der Waals surface area contributed by atoms with E-state index in [1.54, 1.807) is 0 Å². The number of ether oxygens (including phenoxy) is 4. The largest absolute Gasteiger partial charge is 0.463 e. The second-order valence-electron chi connectivity index (χ2n) is 5.44. The van der Waals surface area contributed by atoms with Crippen LogP contribution in [-0.4, -0.2) is 61.3 Å². The summed E-state index contributed by atoms with van der Waals surface area (Å²) >= 11 is 3.20. The molecular weight excluding hydrogens is 439 g/mol. The number of esters is 3. The molecule has 0 spiro atoms. The Bertz CT molecular complexity index is 588. The number of hydrogen-bond donors (Lipinski definition) is 0. The molecule has 1 rings (SSSR count). The van der Waals surface area contributed by atoms with Crippen LogP contribution in [0.15, 0.2) is 0 Å². The van der Waals surface area contributed by atoms with Gasteiger partial charge >= 0.3 is 25.5 Å². The summed E-state index contributed by atoms with van der Waals surface area (Å²) in [5.74, 6) is -1.92. The summed E-state index contributed by atoms with van der Waals surface area (Å²) in [5.41, 5.74) is 0. The molecule has 12 heteroatoms. The summed E-state index contributed by atoms with van der Waals surface area (Å²) in [6.07, 6.45) is -3.45. The standard InChI is InChI=1S/C14H22BrO10P/c1-8(16)22-7-12-13(24-10(3)18)11(23-9(2)17)6-14(15,25-12)26(19,20-4)21-5/h11-13H,6-7H2,1-5H3/t11-,12-,13+,14-/m1/s1. The molecule has 4 atom stereocenters. The maximum Gasteiger partial charge on any atom is 0.372 e. The van der Waals surface area contributed by atoms with Crippen LogP contribution in [0.4, 0.5) is 0 Å². The van der Waals surface area contributed by atoms with Gasteiger partial charge in [-0.15, -0.1) is 0 Å². The first-order chi connectivity index (χ1) is 12.0. The minimum absolute atomic E-state index is 0.208. The molecule has 0 saturated carbocycles. The number of halogens is 1. The lowest BCUT2D eigenvalue weighted by molar-refractivity contribution is -0.211. The van der Waals surface area contributed by atoms with E-state index >= 15 is 0 Å². The Morgan fingerprint density at radius 3 is 2.04 bits per heavy atom. The molecule has 0 N–H and O–H groups in total. The number of hydrogen-bond acceptors (Lipinski definition) is 10. The van der Waals surface area contributed by atoms with Crippen molar-refractivity contribution in [3.8, 4) is 0 Å². The van der Waals surface area contributed by atoms with Crippen LogP contribution in [-0.2, 0) is 46.9 Å². The van der Waals surface area contributed by atoms with Gasteiger partial charge in [0.15, 0.2) is 6.10 Å². The molecule has 0 unspecified atom stereocenters. The molecule has 0 bridgehead atoms. The maximum absolute atomic E-state index is 12.9. The zero-order valence-corrected chi connectivity index (χ0v) is 17.5. The van der Waals surface area contributed by atoms with Crippen molar-refractivity contribution < 1.29 is 46.9 Å². The van der Waals surface area contributed by atoms with Crippen LogP contribution in [0, 0.1) is 0 Å². The Labute approximate surface area is 159 Å². The summed E-state index contributed by atoms with van der Waals surface area (Å²) in [5, 5.41) is 0. The van der Waals surface area contributed by atoms with Gasteiger partial charge in [-0.05, 0) is 15.9 Å². The van der Waals surface area contributed by atoms with E-state index in [0.717, 1.165) is 14.2 Å². The SMILES string of the molecule is COP(=O)(OC)[C@@]1(Br)C[C@@H](OC(C)=O)[C@H](OC(C)=O)[C@@H](COC(C)=O)O1. The first-order valence-corrected chi connectivity index (χ1v) is 9.87. The fourth-order valence-corrected chi connectivity index (χ4v) is 5.26. The van der Waals surface area contributed by atoms with Gasteiger partial charge in [0.2, 0.25) is 4.25 Å². The highest BCUT2D eigenvalue weighted by atomic mass is 79.9. The monoisotopic (exact) mass is 460 g/mol. The van der Waals surface area contributed by atoms with Crippen LogP contribution >= 0.6 is 23.5 Å². The van der Waals surface area contributed by atoms with E-state index in [4.69, 9.17) is 28.0 Å². The van der Waals surface area contributed by atoms with E-state index in [1.807, 2.05) is 0 Å². The number of rotatable bonds is 7. The molecule has 150 valence electrons. The average Bonchev–Trinajstić information content (AvgIpc) is 2.53.